The van der Waals surface area contributed by atoms with Crippen LogP contribution in [-0.2, 0) is 22.4 Å². The third-order valence-electron chi connectivity index (χ3n) is 4.52. The Balaban J connectivity index is 1.97. The molecule has 1 atom stereocenters. The van der Waals surface area contributed by atoms with Gasteiger partial charge in [-0.15, -0.1) is 0 Å². The van der Waals surface area contributed by atoms with Crippen LogP contribution in [0.1, 0.15) is 30.5 Å². The van der Waals surface area contributed by atoms with Crippen LogP contribution in [0.5, 0.6) is 0 Å². The van der Waals surface area contributed by atoms with Crippen LogP contribution in [0.4, 0.5) is 0 Å². The summed E-state index contributed by atoms with van der Waals surface area (Å²) in [6, 6.07) is 7.93. The van der Waals surface area contributed by atoms with Gasteiger partial charge in [-0.05, 0) is 49.4 Å². The number of carboxylic acids is 2. The molecule has 0 aliphatic heterocycles. The first kappa shape index (κ1) is 13.7. The molecule has 1 aliphatic rings. The van der Waals surface area contributed by atoms with Gasteiger partial charge in [-0.1, -0.05) is 6.07 Å². The summed E-state index contributed by atoms with van der Waals surface area (Å²) in [6.45, 7) is 0. The van der Waals surface area contributed by atoms with Gasteiger partial charge in [0, 0.05) is 23.8 Å². The molecule has 2 N–H and O–H groups in total. The van der Waals surface area contributed by atoms with Crippen LogP contribution in [0, 0.1) is 5.41 Å². The number of aryl methyl sites for hydroxylation is 1. The molecular formula is C16H17NO4. The smallest absolute Gasteiger partial charge is 0.309 e. The van der Waals surface area contributed by atoms with E-state index < -0.39 is 17.4 Å². The minimum atomic E-state index is -0.948. The molecule has 5 nitrogen and oxygen atoms in total. The van der Waals surface area contributed by atoms with E-state index in [0.717, 1.165) is 16.8 Å². The number of pyridine rings is 1. The second-order valence-electron chi connectivity index (χ2n) is 5.77. The van der Waals surface area contributed by atoms with E-state index in [4.69, 9.17) is 5.11 Å². The molecule has 0 radical (unpaired) electrons. The Morgan fingerprint density at radius 3 is 2.81 bits per heavy atom. The number of aromatic nitrogens is 1. The summed E-state index contributed by atoms with van der Waals surface area (Å²) in [5.74, 6) is -1.83. The van der Waals surface area contributed by atoms with E-state index in [-0.39, 0.29) is 12.8 Å². The Bertz CT molecular complexity index is 718. The molecule has 2 aromatic heterocycles. The van der Waals surface area contributed by atoms with E-state index in [0.29, 0.717) is 19.3 Å². The minimum absolute atomic E-state index is 0.102. The topological polar surface area (TPSA) is 79.0 Å². The fraction of sp³-hybridized carbons (Fsp3) is 0.375. The Labute approximate surface area is 121 Å². The normalized spacial score (nSPS) is 21.1. The van der Waals surface area contributed by atoms with Crippen LogP contribution in [0.3, 0.4) is 0 Å². The molecule has 1 aliphatic carbocycles. The summed E-state index contributed by atoms with van der Waals surface area (Å²) in [7, 11) is 0. The monoisotopic (exact) mass is 287 g/mol. The largest absolute Gasteiger partial charge is 0.481 e. The molecular weight excluding hydrogens is 270 g/mol. The number of rotatable bonds is 4. The number of carbonyl (C=O) groups is 2. The number of hydrogen-bond acceptors (Lipinski definition) is 2. The van der Waals surface area contributed by atoms with E-state index in [2.05, 4.69) is 4.40 Å². The standard InChI is InChI=1S/C16H17NO4/c18-14(19)5-7-16(15(20)21)6-4-13-11(10-16)9-12-3-1-2-8-17(12)13/h1-3,8-9H,4-7,10H2,(H,18,19)(H,20,21). The molecule has 2 heterocycles. The maximum absolute atomic E-state index is 11.7. The van der Waals surface area contributed by atoms with Crippen LogP contribution in [0.25, 0.3) is 5.52 Å². The highest BCUT2D eigenvalue weighted by Gasteiger charge is 2.42. The van der Waals surface area contributed by atoms with Crippen LogP contribution in [0.2, 0.25) is 0 Å². The minimum Gasteiger partial charge on any atom is -0.481 e. The second-order valence-corrected chi connectivity index (χ2v) is 5.77. The second kappa shape index (κ2) is 4.91. The first-order valence-electron chi connectivity index (χ1n) is 7.05. The maximum Gasteiger partial charge on any atom is 0.309 e. The van der Waals surface area contributed by atoms with Crippen molar-refractivity contribution in [3.8, 4) is 0 Å². The van der Waals surface area contributed by atoms with Crippen LogP contribution in [-0.4, -0.2) is 26.6 Å². The zero-order valence-corrected chi connectivity index (χ0v) is 11.6. The number of carboxylic acid groups (broad SMARTS) is 2. The third-order valence-corrected chi connectivity index (χ3v) is 4.52. The van der Waals surface area contributed by atoms with Crippen molar-refractivity contribution < 1.29 is 19.8 Å². The molecule has 0 fully saturated rings. The van der Waals surface area contributed by atoms with Crippen molar-refractivity contribution in [3.63, 3.8) is 0 Å². The Hall–Kier alpha value is -2.30. The van der Waals surface area contributed by atoms with Crippen molar-refractivity contribution in [1.82, 2.24) is 4.40 Å². The Morgan fingerprint density at radius 2 is 2.10 bits per heavy atom. The van der Waals surface area contributed by atoms with Gasteiger partial charge in [0.2, 0.25) is 0 Å². The third kappa shape index (κ3) is 2.28. The number of hydrogen-bond donors (Lipinski definition) is 2. The molecule has 110 valence electrons. The molecule has 0 saturated carbocycles. The molecule has 0 bridgehead atoms. The first-order valence-corrected chi connectivity index (χ1v) is 7.05. The van der Waals surface area contributed by atoms with Crippen molar-refractivity contribution in [1.29, 1.82) is 0 Å². The van der Waals surface area contributed by atoms with E-state index in [1.54, 1.807) is 0 Å². The highest BCUT2D eigenvalue weighted by Crippen LogP contribution is 2.40. The van der Waals surface area contributed by atoms with Gasteiger partial charge < -0.3 is 14.6 Å². The fourth-order valence-electron chi connectivity index (χ4n) is 3.33. The van der Waals surface area contributed by atoms with E-state index >= 15 is 0 Å². The molecule has 21 heavy (non-hydrogen) atoms. The molecule has 5 heteroatoms. The van der Waals surface area contributed by atoms with Crippen LogP contribution >= 0.6 is 0 Å². The van der Waals surface area contributed by atoms with Crippen molar-refractivity contribution >= 4 is 17.5 Å². The van der Waals surface area contributed by atoms with Gasteiger partial charge in [0.05, 0.1) is 5.41 Å². The van der Waals surface area contributed by atoms with E-state index in [9.17, 15) is 14.7 Å². The quantitative estimate of drug-likeness (QED) is 0.904. The summed E-state index contributed by atoms with van der Waals surface area (Å²) < 4.78 is 2.10. The van der Waals surface area contributed by atoms with Gasteiger partial charge in [-0.3, -0.25) is 9.59 Å². The highest BCUT2D eigenvalue weighted by molar-refractivity contribution is 5.77. The molecule has 0 saturated heterocycles. The van der Waals surface area contributed by atoms with Crippen molar-refractivity contribution in [2.45, 2.75) is 32.1 Å². The Morgan fingerprint density at radius 1 is 1.29 bits per heavy atom. The lowest BCUT2D eigenvalue weighted by molar-refractivity contribution is -0.151. The molecule has 0 amide bonds. The predicted molar refractivity (Wildman–Crippen MR) is 76.4 cm³/mol. The average Bonchev–Trinajstić information content (AvgIpc) is 2.82. The lowest BCUT2D eigenvalue weighted by Gasteiger charge is -2.33. The number of fused-ring (bicyclic) bond motifs is 3. The van der Waals surface area contributed by atoms with Crippen molar-refractivity contribution in [2.75, 3.05) is 0 Å². The maximum atomic E-state index is 11.7. The Kier molecular flexibility index (Phi) is 3.20. The molecule has 1 unspecified atom stereocenters. The van der Waals surface area contributed by atoms with Gasteiger partial charge in [-0.25, -0.2) is 0 Å². The number of aliphatic carboxylic acids is 2. The number of nitrogens with zero attached hydrogens (tertiary/aromatic N) is 1. The van der Waals surface area contributed by atoms with E-state index in [1.165, 1.54) is 0 Å². The van der Waals surface area contributed by atoms with Gasteiger partial charge in [0.1, 0.15) is 0 Å². The average molecular weight is 287 g/mol. The zero-order chi connectivity index (χ0) is 15.0. The summed E-state index contributed by atoms with van der Waals surface area (Å²) >= 11 is 0. The zero-order valence-electron chi connectivity index (χ0n) is 11.6. The van der Waals surface area contributed by atoms with E-state index in [1.807, 2.05) is 30.5 Å². The summed E-state index contributed by atoms with van der Waals surface area (Å²) in [5.41, 5.74) is 2.29. The fourth-order valence-corrected chi connectivity index (χ4v) is 3.33. The van der Waals surface area contributed by atoms with Gasteiger partial charge in [0.25, 0.3) is 0 Å². The van der Waals surface area contributed by atoms with Crippen LogP contribution in [0.15, 0.2) is 30.5 Å². The predicted octanol–water partition coefficient (Wildman–Crippen LogP) is 2.36. The molecule has 2 aromatic rings. The summed E-state index contributed by atoms with van der Waals surface area (Å²) in [4.78, 5) is 22.5. The van der Waals surface area contributed by atoms with Gasteiger partial charge in [0.15, 0.2) is 0 Å². The lowest BCUT2D eigenvalue weighted by atomic mass is 9.70. The summed E-state index contributed by atoms with van der Waals surface area (Å²) in [5, 5.41) is 18.5. The van der Waals surface area contributed by atoms with Crippen molar-refractivity contribution in [2.24, 2.45) is 5.41 Å². The first-order chi connectivity index (χ1) is 10.0. The SMILES string of the molecule is O=C(O)CCC1(C(=O)O)CCc2c(cc3ccccn23)C1. The molecule has 0 spiro atoms. The lowest BCUT2D eigenvalue weighted by Crippen LogP contribution is -2.37. The highest BCUT2D eigenvalue weighted by atomic mass is 16.4. The van der Waals surface area contributed by atoms with Crippen molar-refractivity contribution in [3.05, 3.63) is 41.7 Å². The molecule has 0 aromatic carbocycles. The van der Waals surface area contributed by atoms with Crippen LogP contribution < -0.4 is 0 Å². The summed E-state index contributed by atoms with van der Waals surface area (Å²) in [6.07, 6.45) is 3.63. The van der Waals surface area contributed by atoms with Gasteiger partial charge >= 0.3 is 11.9 Å². The van der Waals surface area contributed by atoms with Gasteiger partial charge in [-0.2, -0.15) is 0 Å². The molecule has 3 rings (SSSR count).